The van der Waals surface area contributed by atoms with Gasteiger partial charge in [0.15, 0.2) is 5.69 Å². The lowest BCUT2D eigenvalue weighted by molar-refractivity contribution is 0.0691. The number of nitrogens with zero attached hydrogens (tertiary/aromatic N) is 2. The van der Waals surface area contributed by atoms with E-state index in [0.717, 1.165) is 6.42 Å². The molecule has 2 aromatic rings. The first-order valence-electron chi connectivity index (χ1n) is 6.96. The Morgan fingerprint density at radius 2 is 2.00 bits per heavy atom. The maximum absolute atomic E-state index is 11.3. The predicted molar refractivity (Wildman–Crippen MR) is 81.7 cm³/mol. The summed E-state index contributed by atoms with van der Waals surface area (Å²) in [4.78, 5) is 19.6. The lowest BCUT2D eigenvalue weighted by Gasteiger charge is -2.11. The second-order valence-corrected chi connectivity index (χ2v) is 5.11. The molecule has 0 unspecified atom stereocenters. The van der Waals surface area contributed by atoms with Gasteiger partial charge in [-0.3, -0.25) is 0 Å². The molecule has 0 saturated heterocycles. The highest BCUT2D eigenvalue weighted by Crippen LogP contribution is 2.16. The third kappa shape index (κ3) is 4.02. The van der Waals surface area contributed by atoms with Crippen molar-refractivity contribution in [2.24, 2.45) is 0 Å². The van der Waals surface area contributed by atoms with Gasteiger partial charge < -0.3 is 10.4 Å². The van der Waals surface area contributed by atoms with E-state index >= 15 is 0 Å². The second-order valence-electron chi connectivity index (χ2n) is 5.11. The van der Waals surface area contributed by atoms with Crippen LogP contribution in [0.1, 0.15) is 41.6 Å². The number of hydrogen-bond acceptors (Lipinski definition) is 4. The van der Waals surface area contributed by atoms with E-state index in [-0.39, 0.29) is 11.6 Å². The normalized spacial score (nSPS) is 10.6. The lowest BCUT2D eigenvalue weighted by atomic mass is 10.1. The standard InChI is InChI=1S/C16H19N3O2/c1-11(2)15-18-10-13(14(19-15)16(20)21)17-9-8-12-6-4-3-5-7-12/h3-7,10-11,17H,8-9H2,1-2H3,(H,20,21). The number of rotatable bonds is 6. The van der Waals surface area contributed by atoms with Gasteiger partial charge >= 0.3 is 5.97 Å². The number of anilines is 1. The Balaban J connectivity index is 2.07. The van der Waals surface area contributed by atoms with Crippen LogP contribution in [0.4, 0.5) is 5.69 Å². The lowest BCUT2D eigenvalue weighted by Crippen LogP contribution is -2.14. The van der Waals surface area contributed by atoms with Gasteiger partial charge in [0.2, 0.25) is 0 Å². The van der Waals surface area contributed by atoms with Crippen molar-refractivity contribution in [1.29, 1.82) is 0 Å². The zero-order valence-corrected chi connectivity index (χ0v) is 12.2. The highest BCUT2D eigenvalue weighted by Gasteiger charge is 2.15. The second kappa shape index (κ2) is 6.83. The van der Waals surface area contributed by atoms with Crippen molar-refractivity contribution in [3.05, 3.63) is 53.6 Å². The molecule has 0 spiro atoms. The zero-order valence-electron chi connectivity index (χ0n) is 12.2. The Hall–Kier alpha value is -2.43. The molecule has 1 aromatic carbocycles. The van der Waals surface area contributed by atoms with E-state index in [0.29, 0.717) is 18.1 Å². The van der Waals surface area contributed by atoms with E-state index in [9.17, 15) is 9.90 Å². The number of aromatic nitrogens is 2. The van der Waals surface area contributed by atoms with E-state index in [1.54, 1.807) is 6.20 Å². The van der Waals surface area contributed by atoms with Crippen molar-refractivity contribution < 1.29 is 9.90 Å². The Kier molecular flexibility index (Phi) is 4.87. The molecule has 2 N–H and O–H groups in total. The SMILES string of the molecule is CC(C)c1ncc(NCCc2ccccc2)c(C(=O)O)n1. The maximum Gasteiger partial charge on any atom is 0.356 e. The third-order valence-corrected chi connectivity index (χ3v) is 3.10. The largest absolute Gasteiger partial charge is 0.476 e. The van der Waals surface area contributed by atoms with E-state index in [4.69, 9.17) is 0 Å². The van der Waals surface area contributed by atoms with E-state index in [2.05, 4.69) is 15.3 Å². The number of carbonyl (C=O) groups is 1. The minimum absolute atomic E-state index is 0.0294. The summed E-state index contributed by atoms with van der Waals surface area (Å²) in [5.74, 6) is -0.399. The molecule has 21 heavy (non-hydrogen) atoms. The van der Waals surface area contributed by atoms with Crippen LogP contribution in [-0.2, 0) is 6.42 Å². The van der Waals surface area contributed by atoms with Gasteiger partial charge in [0.1, 0.15) is 5.82 Å². The van der Waals surface area contributed by atoms with Gasteiger partial charge in [0, 0.05) is 12.5 Å². The summed E-state index contributed by atoms with van der Waals surface area (Å²) in [6.07, 6.45) is 2.36. The molecule has 1 aromatic heterocycles. The van der Waals surface area contributed by atoms with Gasteiger partial charge in [-0.15, -0.1) is 0 Å². The number of nitrogens with one attached hydrogen (secondary N) is 1. The molecular formula is C16H19N3O2. The molecule has 1 heterocycles. The predicted octanol–water partition coefficient (Wildman–Crippen LogP) is 2.95. The fraction of sp³-hybridized carbons (Fsp3) is 0.312. The first-order valence-corrected chi connectivity index (χ1v) is 6.96. The number of carboxylic acids is 1. The fourth-order valence-corrected chi connectivity index (χ4v) is 1.95. The first-order chi connectivity index (χ1) is 10.1. The van der Waals surface area contributed by atoms with Crippen LogP contribution < -0.4 is 5.32 Å². The van der Waals surface area contributed by atoms with Crippen molar-refractivity contribution in [3.63, 3.8) is 0 Å². The topological polar surface area (TPSA) is 75.1 Å². The van der Waals surface area contributed by atoms with Crippen LogP contribution in [0, 0.1) is 0 Å². The van der Waals surface area contributed by atoms with Crippen LogP contribution in [0.3, 0.4) is 0 Å². The summed E-state index contributed by atoms with van der Waals surface area (Å²) >= 11 is 0. The van der Waals surface area contributed by atoms with E-state index < -0.39 is 5.97 Å². The van der Waals surface area contributed by atoms with Gasteiger partial charge in [0.25, 0.3) is 0 Å². The average Bonchev–Trinajstić information content (AvgIpc) is 2.48. The van der Waals surface area contributed by atoms with Crippen molar-refractivity contribution in [1.82, 2.24) is 9.97 Å². The minimum Gasteiger partial charge on any atom is -0.476 e. The molecule has 5 nitrogen and oxygen atoms in total. The van der Waals surface area contributed by atoms with Crippen molar-refractivity contribution in [2.75, 3.05) is 11.9 Å². The molecule has 0 fully saturated rings. The minimum atomic E-state index is -1.04. The van der Waals surface area contributed by atoms with Gasteiger partial charge in [-0.1, -0.05) is 44.2 Å². The number of carboxylic acid groups (broad SMARTS) is 1. The fourth-order valence-electron chi connectivity index (χ4n) is 1.95. The summed E-state index contributed by atoms with van der Waals surface area (Å²) in [5, 5.41) is 12.4. The van der Waals surface area contributed by atoms with Crippen molar-refractivity contribution >= 4 is 11.7 Å². The Bertz CT molecular complexity index is 612. The molecule has 0 aliphatic carbocycles. The summed E-state index contributed by atoms with van der Waals surface area (Å²) in [5.41, 5.74) is 1.69. The highest BCUT2D eigenvalue weighted by molar-refractivity contribution is 5.91. The summed E-state index contributed by atoms with van der Waals surface area (Å²) < 4.78 is 0. The Morgan fingerprint density at radius 3 is 2.62 bits per heavy atom. The smallest absolute Gasteiger partial charge is 0.356 e. The quantitative estimate of drug-likeness (QED) is 0.853. The van der Waals surface area contributed by atoms with Gasteiger partial charge in [-0.05, 0) is 12.0 Å². The molecule has 0 atom stereocenters. The summed E-state index contributed by atoms with van der Waals surface area (Å²) in [7, 11) is 0. The molecular weight excluding hydrogens is 266 g/mol. The third-order valence-electron chi connectivity index (χ3n) is 3.10. The highest BCUT2D eigenvalue weighted by atomic mass is 16.4. The average molecular weight is 285 g/mol. The van der Waals surface area contributed by atoms with Crippen molar-refractivity contribution in [3.8, 4) is 0 Å². The zero-order chi connectivity index (χ0) is 15.2. The maximum atomic E-state index is 11.3. The van der Waals surface area contributed by atoms with Crippen LogP contribution in [0.25, 0.3) is 0 Å². The molecule has 0 saturated carbocycles. The van der Waals surface area contributed by atoms with Gasteiger partial charge in [-0.2, -0.15) is 0 Å². The van der Waals surface area contributed by atoms with Gasteiger partial charge in [-0.25, -0.2) is 14.8 Å². The number of aromatic carboxylic acids is 1. The molecule has 0 radical (unpaired) electrons. The molecule has 0 amide bonds. The van der Waals surface area contributed by atoms with Crippen LogP contribution in [-0.4, -0.2) is 27.6 Å². The molecule has 110 valence electrons. The van der Waals surface area contributed by atoms with Crippen LogP contribution in [0.2, 0.25) is 0 Å². The van der Waals surface area contributed by atoms with Crippen LogP contribution in [0.5, 0.6) is 0 Å². The number of benzene rings is 1. The van der Waals surface area contributed by atoms with Crippen LogP contribution in [0.15, 0.2) is 36.5 Å². The van der Waals surface area contributed by atoms with Gasteiger partial charge in [0.05, 0.1) is 11.9 Å². The molecule has 0 aliphatic heterocycles. The van der Waals surface area contributed by atoms with E-state index in [1.165, 1.54) is 5.56 Å². The molecule has 5 heteroatoms. The molecule has 0 bridgehead atoms. The summed E-state index contributed by atoms with van der Waals surface area (Å²) in [6.45, 7) is 4.50. The molecule has 2 rings (SSSR count). The van der Waals surface area contributed by atoms with E-state index in [1.807, 2.05) is 44.2 Å². The van der Waals surface area contributed by atoms with Crippen LogP contribution >= 0.6 is 0 Å². The number of hydrogen-bond donors (Lipinski definition) is 2. The first kappa shape index (κ1) is 15.0. The Labute approximate surface area is 124 Å². The summed E-state index contributed by atoms with van der Waals surface area (Å²) in [6, 6.07) is 10.0. The monoisotopic (exact) mass is 285 g/mol. The Morgan fingerprint density at radius 1 is 1.29 bits per heavy atom. The molecule has 0 aliphatic rings. The van der Waals surface area contributed by atoms with Crippen molar-refractivity contribution in [2.45, 2.75) is 26.2 Å².